The first-order valence-electron chi connectivity index (χ1n) is 8.28. The number of imidazole rings is 1. The second-order valence-corrected chi connectivity index (χ2v) is 6.20. The summed E-state index contributed by atoms with van der Waals surface area (Å²) in [4.78, 5) is 4.07. The molecule has 3 rings (SSSR count). The maximum Gasteiger partial charge on any atom is 0.0991 e. The Morgan fingerprint density at radius 1 is 1.14 bits per heavy atom. The zero-order valence-corrected chi connectivity index (χ0v) is 13.0. The van der Waals surface area contributed by atoms with Crippen LogP contribution in [0.2, 0.25) is 0 Å². The molecule has 1 aliphatic rings. The Hall–Kier alpha value is -1.65. The van der Waals surface area contributed by atoms with E-state index in [2.05, 4.69) is 34.6 Å². The van der Waals surface area contributed by atoms with E-state index in [4.69, 9.17) is 0 Å². The zero-order chi connectivity index (χ0) is 15.2. The molecule has 4 nitrogen and oxygen atoms in total. The topological polar surface area (TPSA) is 50.1 Å². The van der Waals surface area contributed by atoms with Crippen molar-refractivity contribution in [3.8, 4) is 5.69 Å². The van der Waals surface area contributed by atoms with Gasteiger partial charge in [-0.1, -0.05) is 31.4 Å². The van der Waals surface area contributed by atoms with Gasteiger partial charge in [-0.15, -0.1) is 0 Å². The number of aromatic nitrogens is 2. The molecule has 22 heavy (non-hydrogen) atoms. The molecule has 2 unspecified atom stereocenters. The maximum atomic E-state index is 9.58. The predicted octanol–water partition coefficient (Wildman–Crippen LogP) is 2.90. The quantitative estimate of drug-likeness (QED) is 0.835. The van der Waals surface area contributed by atoms with E-state index < -0.39 is 0 Å². The average molecular weight is 299 g/mol. The van der Waals surface area contributed by atoms with Crippen LogP contribution in [0.15, 0.2) is 43.0 Å². The Kier molecular flexibility index (Phi) is 5.24. The van der Waals surface area contributed by atoms with E-state index in [1.165, 1.54) is 31.2 Å². The normalized spacial score (nSPS) is 22.4. The van der Waals surface area contributed by atoms with Gasteiger partial charge in [0.1, 0.15) is 0 Å². The summed E-state index contributed by atoms with van der Waals surface area (Å²) in [5.74, 6) is 0.410. The maximum absolute atomic E-state index is 9.58. The number of hydrogen-bond donors (Lipinski definition) is 2. The van der Waals surface area contributed by atoms with Crippen molar-refractivity contribution in [2.45, 2.75) is 44.7 Å². The van der Waals surface area contributed by atoms with Crippen LogP contribution in [0.4, 0.5) is 0 Å². The van der Waals surface area contributed by atoms with Gasteiger partial charge in [0, 0.05) is 37.3 Å². The molecule has 0 bridgehead atoms. The molecule has 0 spiro atoms. The summed E-state index contributed by atoms with van der Waals surface area (Å²) in [7, 11) is 0. The van der Waals surface area contributed by atoms with Crippen LogP contribution >= 0.6 is 0 Å². The lowest BCUT2D eigenvalue weighted by Gasteiger charge is -2.24. The van der Waals surface area contributed by atoms with E-state index in [-0.39, 0.29) is 0 Å². The minimum absolute atomic E-state index is 0.303. The molecular formula is C18H25N3O. The fourth-order valence-corrected chi connectivity index (χ4v) is 3.32. The summed E-state index contributed by atoms with van der Waals surface area (Å²) >= 11 is 0. The van der Waals surface area contributed by atoms with Gasteiger partial charge in [-0.3, -0.25) is 0 Å². The van der Waals surface area contributed by atoms with Crippen molar-refractivity contribution in [3.05, 3.63) is 48.5 Å². The van der Waals surface area contributed by atoms with Crippen LogP contribution in [0.1, 0.15) is 37.7 Å². The van der Waals surface area contributed by atoms with E-state index in [0.29, 0.717) is 18.6 Å². The molecule has 1 aromatic heterocycles. The monoisotopic (exact) mass is 299 g/mol. The third-order valence-corrected chi connectivity index (χ3v) is 4.70. The molecule has 0 saturated heterocycles. The van der Waals surface area contributed by atoms with Crippen molar-refractivity contribution >= 4 is 0 Å². The highest BCUT2D eigenvalue weighted by molar-refractivity contribution is 5.34. The van der Waals surface area contributed by atoms with Crippen molar-refractivity contribution in [1.82, 2.24) is 14.9 Å². The van der Waals surface area contributed by atoms with E-state index >= 15 is 0 Å². The van der Waals surface area contributed by atoms with Crippen molar-refractivity contribution in [2.24, 2.45) is 5.92 Å². The van der Waals surface area contributed by atoms with Crippen molar-refractivity contribution < 1.29 is 5.11 Å². The standard InChI is InChI=1S/C18H25N3O/c22-13-16-4-2-1-3-5-18(16)20-12-15-6-8-17(9-7-15)21-11-10-19-14-21/h6-11,14,16,18,20,22H,1-5,12-13H2. The number of rotatable bonds is 5. The molecule has 2 aromatic rings. The highest BCUT2D eigenvalue weighted by Gasteiger charge is 2.22. The van der Waals surface area contributed by atoms with Gasteiger partial charge in [0.2, 0.25) is 0 Å². The smallest absolute Gasteiger partial charge is 0.0991 e. The average Bonchev–Trinajstić information content (AvgIpc) is 3.00. The van der Waals surface area contributed by atoms with Gasteiger partial charge in [0.25, 0.3) is 0 Å². The molecule has 1 fully saturated rings. The zero-order valence-electron chi connectivity index (χ0n) is 13.0. The molecule has 1 aliphatic carbocycles. The van der Waals surface area contributed by atoms with Gasteiger partial charge in [-0.25, -0.2) is 4.98 Å². The Balaban J connectivity index is 1.58. The van der Waals surface area contributed by atoms with Gasteiger partial charge >= 0.3 is 0 Å². The van der Waals surface area contributed by atoms with E-state index in [1.807, 2.05) is 17.1 Å². The van der Waals surface area contributed by atoms with E-state index in [9.17, 15) is 5.11 Å². The van der Waals surface area contributed by atoms with Gasteiger partial charge in [0.05, 0.1) is 6.33 Å². The van der Waals surface area contributed by atoms with Crippen LogP contribution in [0.5, 0.6) is 0 Å². The molecule has 0 aliphatic heterocycles. The lowest BCUT2D eigenvalue weighted by atomic mass is 9.95. The van der Waals surface area contributed by atoms with Gasteiger partial charge in [-0.05, 0) is 36.5 Å². The highest BCUT2D eigenvalue weighted by atomic mass is 16.3. The largest absolute Gasteiger partial charge is 0.396 e. The fraction of sp³-hybridized carbons (Fsp3) is 0.500. The third kappa shape index (κ3) is 3.76. The molecule has 1 heterocycles. The van der Waals surface area contributed by atoms with E-state index in [0.717, 1.165) is 18.7 Å². The summed E-state index contributed by atoms with van der Waals surface area (Å²) < 4.78 is 2.00. The Bertz CT molecular complexity index is 550. The summed E-state index contributed by atoms with van der Waals surface area (Å²) in [6.07, 6.45) is 11.7. The number of benzene rings is 1. The minimum atomic E-state index is 0.303. The second-order valence-electron chi connectivity index (χ2n) is 6.20. The molecular weight excluding hydrogens is 274 g/mol. The highest BCUT2D eigenvalue weighted by Crippen LogP contribution is 2.23. The van der Waals surface area contributed by atoms with Crippen molar-refractivity contribution in [1.29, 1.82) is 0 Å². The molecule has 2 N–H and O–H groups in total. The molecule has 118 valence electrons. The Morgan fingerprint density at radius 3 is 2.68 bits per heavy atom. The summed E-state index contributed by atoms with van der Waals surface area (Å²) in [6.45, 7) is 1.17. The van der Waals surface area contributed by atoms with Crippen LogP contribution in [-0.4, -0.2) is 27.3 Å². The number of nitrogens with zero attached hydrogens (tertiary/aromatic N) is 2. The molecule has 0 amide bonds. The fourth-order valence-electron chi connectivity index (χ4n) is 3.32. The molecule has 0 radical (unpaired) electrons. The van der Waals surface area contributed by atoms with Crippen LogP contribution in [-0.2, 0) is 6.54 Å². The van der Waals surface area contributed by atoms with Gasteiger partial charge in [0.15, 0.2) is 0 Å². The Morgan fingerprint density at radius 2 is 1.95 bits per heavy atom. The minimum Gasteiger partial charge on any atom is -0.396 e. The number of nitrogens with one attached hydrogen (secondary N) is 1. The van der Waals surface area contributed by atoms with E-state index in [1.54, 1.807) is 6.20 Å². The van der Waals surface area contributed by atoms with Crippen molar-refractivity contribution in [2.75, 3.05) is 6.61 Å². The number of aliphatic hydroxyl groups is 1. The first kappa shape index (κ1) is 15.3. The lowest BCUT2D eigenvalue weighted by Crippen LogP contribution is -2.36. The van der Waals surface area contributed by atoms with Gasteiger partial charge < -0.3 is 15.0 Å². The summed E-state index contributed by atoms with van der Waals surface area (Å²) in [6, 6.07) is 9.01. The summed E-state index contributed by atoms with van der Waals surface area (Å²) in [5.41, 5.74) is 2.41. The van der Waals surface area contributed by atoms with Gasteiger partial charge in [-0.2, -0.15) is 0 Å². The molecule has 1 saturated carbocycles. The molecule has 4 heteroatoms. The summed E-state index contributed by atoms with van der Waals surface area (Å²) in [5, 5.41) is 13.2. The number of hydrogen-bond acceptors (Lipinski definition) is 3. The van der Waals surface area contributed by atoms with Crippen LogP contribution in [0.3, 0.4) is 0 Å². The lowest BCUT2D eigenvalue weighted by molar-refractivity contribution is 0.181. The molecule has 2 atom stereocenters. The Labute approximate surface area is 132 Å². The van der Waals surface area contributed by atoms with Crippen molar-refractivity contribution in [3.63, 3.8) is 0 Å². The van der Waals surface area contributed by atoms with Crippen LogP contribution in [0.25, 0.3) is 5.69 Å². The first-order valence-corrected chi connectivity index (χ1v) is 8.28. The second kappa shape index (κ2) is 7.56. The SMILES string of the molecule is OCC1CCCCCC1NCc1ccc(-n2ccnc2)cc1. The van der Waals surface area contributed by atoms with Crippen LogP contribution < -0.4 is 5.32 Å². The first-order chi connectivity index (χ1) is 10.9. The number of aliphatic hydroxyl groups excluding tert-OH is 1. The van der Waals surface area contributed by atoms with Crippen LogP contribution in [0, 0.1) is 5.92 Å². The predicted molar refractivity (Wildman–Crippen MR) is 87.9 cm³/mol. The molecule has 1 aromatic carbocycles. The third-order valence-electron chi connectivity index (χ3n) is 4.70.